The van der Waals surface area contributed by atoms with E-state index in [0.29, 0.717) is 5.41 Å². The van der Waals surface area contributed by atoms with Gasteiger partial charge in [-0.25, -0.2) is 0 Å². The van der Waals surface area contributed by atoms with Crippen LogP contribution >= 0.6 is 0 Å². The lowest BCUT2D eigenvalue weighted by Crippen LogP contribution is -2.47. The second-order valence-electron chi connectivity index (χ2n) is 6.69. The molecule has 0 atom stereocenters. The minimum atomic E-state index is 0.480. The van der Waals surface area contributed by atoms with E-state index in [0.717, 1.165) is 18.8 Å². The van der Waals surface area contributed by atoms with Crippen LogP contribution in [0.5, 0.6) is 0 Å². The van der Waals surface area contributed by atoms with Crippen molar-refractivity contribution < 1.29 is 0 Å². The Kier molecular flexibility index (Phi) is 4.92. The topological polar surface area (TPSA) is 32.5 Å². The zero-order chi connectivity index (χ0) is 14.6. The molecular formula is C17H29N3. The summed E-state index contributed by atoms with van der Waals surface area (Å²) in [6, 6.07) is 8.24. The maximum Gasteiger partial charge on any atom is 0.0368 e. The van der Waals surface area contributed by atoms with Crippen molar-refractivity contribution in [3.8, 4) is 0 Å². The molecule has 1 aromatic carbocycles. The lowest BCUT2D eigenvalue weighted by Gasteiger charge is -2.37. The number of hydrogen-bond donors (Lipinski definition) is 1. The molecule has 0 saturated carbocycles. The largest absolute Gasteiger partial charge is 0.399 e. The quantitative estimate of drug-likeness (QED) is 0.838. The van der Waals surface area contributed by atoms with Crippen LogP contribution in [0.4, 0.5) is 11.4 Å². The van der Waals surface area contributed by atoms with Gasteiger partial charge in [0.2, 0.25) is 0 Å². The first kappa shape index (κ1) is 15.2. The molecule has 0 radical (unpaired) electrons. The number of rotatable bonds is 5. The van der Waals surface area contributed by atoms with Gasteiger partial charge in [0.25, 0.3) is 0 Å². The molecule has 1 heterocycles. The number of hydrogen-bond acceptors (Lipinski definition) is 3. The predicted octanol–water partition coefficient (Wildman–Crippen LogP) is 3.22. The van der Waals surface area contributed by atoms with E-state index in [4.69, 9.17) is 5.73 Å². The molecule has 1 aliphatic heterocycles. The van der Waals surface area contributed by atoms with Crippen LogP contribution < -0.4 is 10.6 Å². The van der Waals surface area contributed by atoms with E-state index < -0.39 is 0 Å². The van der Waals surface area contributed by atoms with Crippen molar-refractivity contribution in [3.63, 3.8) is 0 Å². The van der Waals surface area contributed by atoms with Crippen molar-refractivity contribution in [2.45, 2.75) is 33.6 Å². The van der Waals surface area contributed by atoms with Gasteiger partial charge < -0.3 is 10.6 Å². The van der Waals surface area contributed by atoms with E-state index in [9.17, 15) is 0 Å². The summed E-state index contributed by atoms with van der Waals surface area (Å²) in [4.78, 5) is 5.06. The normalized spacial score (nSPS) is 17.4. The van der Waals surface area contributed by atoms with Crippen molar-refractivity contribution in [3.05, 3.63) is 24.3 Å². The predicted molar refractivity (Wildman–Crippen MR) is 88.2 cm³/mol. The minimum Gasteiger partial charge on any atom is -0.399 e. The molecule has 1 aliphatic rings. The van der Waals surface area contributed by atoms with Crippen LogP contribution in [0.2, 0.25) is 0 Å². The monoisotopic (exact) mass is 275 g/mol. The molecule has 112 valence electrons. The molecule has 0 bridgehead atoms. The van der Waals surface area contributed by atoms with E-state index in [1.807, 2.05) is 12.1 Å². The summed E-state index contributed by atoms with van der Waals surface area (Å²) in [6.07, 6.45) is 2.56. The van der Waals surface area contributed by atoms with Gasteiger partial charge in [0.05, 0.1) is 0 Å². The van der Waals surface area contributed by atoms with Crippen LogP contribution in [0.1, 0.15) is 33.6 Å². The average molecular weight is 275 g/mol. The summed E-state index contributed by atoms with van der Waals surface area (Å²) in [5.41, 5.74) is 8.37. The van der Waals surface area contributed by atoms with Crippen molar-refractivity contribution in [2.24, 2.45) is 5.41 Å². The Balaban J connectivity index is 1.79. The fourth-order valence-electron chi connectivity index (χ4n) is 2.55. The van der Waals surface area contributed by atoms with Gasteiger partial charge in [0.15, 0.2) is 0 Å². The SMILES string of the molecule is CCC(C)(C)CCN1CCN(c2ccc(N)cc2)CC1. The lowest BCUT2D eigenvalue weighted by atomic mass is 9.86. The zero-order valence-corrected chi connectivity index (χ0v) is 13.2. The molecule has 1 fully saturated rings. The first-order valence-corrected chi connectivity index (χ1v) is 7.83. The zero-order valence-electron chi connectivity index (χ0n) is 13.2. The van der Waals surface area contributed by atoms with Crippen LogP contribution in [0.25, 0.3) is 0 Å². The molecule has 3 nitrogen and oxygen atoms in total. The van der Waals surface area contributed by atoms with Gasteiger partial charge in [-0.1, -0.05) is 27.2 Å². The third-order valence-electron chi connectivity index (χ3n) is 4.69. The Bertz CT molecular complexity index is 403. The molecule has 0 aromatic heterocycles. The van der Waals surface area contributed by atoms with Crippen LogP contribution in [0.15, 0.2) is 24.3 Å². The summed E-state index contributed by atoms with van der Waals surface area (Å²) >= 11 is 0. The maximum atomic E-state index is 5.74. The lowest BCUT2D eigenvalue weighted by molar-refractivity contribution is 0.205. The number of piperazine rings is 1. The van der Waals surface area contributed by atoms with Gasteiger partial charge in [0, 0.05) is 37.6 Å². The van der Waals surface area contributed by atoms with E-state index >= 15 is 0 Å². The fraction of sp³-hybridized carbons (Fsp3) is 0.647. The molecule has 0 aliphatic carbocycles. The molecule has 3 heteroatoms. The fourth-order valence-corrected chi connectivity index (χ4v) is 2.55. The van der Waals surface area contributed by atoms with Gasteiger partial charge in [-0.3, -0.25) is 4.90 Å². The van der Waals surface area contributed by atoms with Crippen molar-refractivity contribution in [2.75, 3.05) is 43.4 Å². The first-order chi connectivity index (χ1) is 9.50. The van der Waals surface area contributed by atoms with Gasteiger partial charge in [0.1, 0.15) is 0 Å². The summed E-state index contributed by atoms with van der Waals surface area (Å²) in [7, 11) is 0. The Morgan fingerprint density at radius 2 is 1.65 bits per heavy atom. The molecule has 1 saturated heterocycles. The number of benzene rings is 1. The van der Waals surface area contributed by atoms with E-state index in [1.165, 1.54) is 38.2 Å². The van der Waals surface area contributed by atoms with E-state index in [1.54, 1.807) is 0 Å². The smallest absolute Gasteiger partial charge is 0.0368 e. The second kappa shape index (κ2) is 6.49. The number of nitrogen functional groups attached to an aromatic ring is 1. The van der Waals surface area contributed by atoms with Gasteiger partial charge in [-0.2, -0.15) is 0 Å². The van der Waals surface area contributed by atoms with Crippen molar-refractivity contribution in [1.82, 2.24) is 4.90 Å². The van der Waals surface area contributed by atoms with Gasteiger partial charge in [-0.05, 0) is 42.6 Å². The standard InChI is InChI=1S/C17H29N3/c1-4-17(2,3)9-10-19-11-13-20(14-12-19)16-7-5-15(18)6-8-16/h5-8H,4,9-14,18H2,1-3H3. The molecule has 2 N–H and O–H groups in total. The minimum absolute atomic E-state index is 0.480. The summed E-state index contributed by atoms with van der Waals surface area (Å²) in [5.74, 6) is 0. The number of nitrogens with two attached hydrogens (primary N) is 1. The molecule has 2 rings (SSSR count). The van der Waals surface area contributed by atoms with Crippen LogP contribution in [0.3, 0.4) is 0 Å². The summed E-state index contributed by atoms with van der Waals surface area (Å²) in [6.45, 7) is 12.9. The highest BCUT2D eigenvalue weighted by Crippen LogP contribution is 2.25. The van der Waals surface area contributed by atoms with E-state index in [2.05, 4.69) is 42.7 Å². The van der Waals surface area contributed by atoms with Gasteiger partial charge in [-0.15, -0.1) is 0 Å². The molecule has 0 unspecified atom stereocenters. The molecular weight excluding hydrogens is 246 g/mol. The summed E-state index contributed by atoms with van der Waals surface area (Å²) in [5, 5.41) is 0. The number of nitrogens with zero attached hydrogens (tertiary/aromatic N) is 2. The van der Waals surface area contributed by atoms with Crippen molar-refractivity contribution >= 4 is 11.4 Å². The molecule has 20 heavy (non-hydrogen) atoms. The van der Waals surface area contributed by atoms with E-state index in [-0.39, 0.29) is 0 Å². The second-order valence-corrected chi connectivity index (χ2v) is 6.69. The molecule has 1 aromatic rings. The van der Waals surface area contributed by atoms with Gasteiger partial charge >= 0.3 is 0 Å². The van der Waals surface area contributed by atoms with Crippen molar-refractivity contribution in [1.29, 1.82) is 0 Å². The number of anilines is 2. The Morgan fingerprint density at radius 3 is 2.20 bits per heavy atom. The highest BCUT2D eigenvalue weighted by atomic mass is 15.3. The summed E-state index contributed by atoms with van der Waals surface area (Å²) < 4.78 is 0. The highest BCUT2D eigenvalue weighted by Gasteiger charge is 2.20. The van der Waals surface area contributed by atoms with Crippen LogP contribution in [-0.2, 0) is 0 Å². The first-order valence-electron chi connectivity index (χ1n) is 7.83. The average Bonchev–Trinajstić information content (AvgIpc) is 2.47. The third-order valence-corrected chi connectivity index (χ3v) is 4.69. The third kappa shape index (κ3) is 4.14. The van der Waals surface area contributed by atoms with Crippen LogP contribution in [0, 0.1) is 5.41 Å². The van der Waals surface area contributed by atoms with Crippen LogP contribution in [-0.4, -0.2) is 37.6 Å². The highest BCUT2D eigenvalue weighted by molar-refractivity contribution is 5.53. The maximum absolute atomic E-state index is 5.74. The molecule has 0 spiro atoms. The Morgan fingerprint density at radius 1 is 1.05 bits per heavy atom. The molecule has 0 amide bonds. The Labute approximate surface area is 123 Å². The Hall–Kier alpha value is -1.22.